The zero-order chi connectivity index (χ0) is 17.2. The molecule has 0 amide bonds. The number of nitrogens with zero attached hydrogens (tertiary/aromatic N) is 3. The quantitative estimate of drug-likeness (QED) is 0.776. The van der Waals surface area contributed by atoms with Gasteiger partial charge in [0.15, 0.2) is 11.2 Å². The third-order valence-corrected chi connectivity index (χ3v) is 5.01. The summed E-state index contributed by atoms with van der Waals surface area (Å²) in [5.41, 5.74) is 2.16. The van der Waals surface area contributed by atoms with Crippen LogP contribution in [0.3, 0.4) is 0 Å². The minimum atomic E-state index is -0.132. The predicted octanol–water partition coefficient (Wildman–Crippen LogP) is 3.03. The fourth-order valence-corrected chi connectivity index (χ4v) is 3.60. The smallest absolute Gasteiger partial charge is 0.279 e. The zero-order valence-electron chi connectivity index (χ0n) is 14.4. The second-order valence-electron chi connectivity index (χ2n) is 6.64. The number of fused-ring (bicyclic) bond motifs is 1. The molecule has 2 aromatic heterocycles. The molecule has 1 aliphatic rings. The van der Waals surface area contributed by atoms with E-state index in [1.807, 2.05) is 22.8 Å². The number of aromatic nitrogens is 4. The summed E-state index contributed by atoms with van der Waals surface area (Å²) in [5, 5.41) is 0. The van der Waals surface area contributed by atoms with Crippen molar-refractivity contribution in [1.82, 2.24) is 19.5 Å². The molecule has 0 atom stereocenters. The number of rotatable bonds is 5. The van der Waals surface area contributed by atoms with Crippen LogP contribution in [0.5, 0.6) is 5.75 Å². The summed E-state index contributed by atoms with van der Waals surface area (Å²) >= 11 is 0. The lowest BCUT2D eigenvalue weighted by atomic mass is 10.1. The maximum absolute atomic E-state index is 12.3. The first-order valence-corrected chi connectivity index (χ1v) is 8.82. The number of H-pyrrole nitrogens is 1. The molecule has 0 radical (unpaired) electrons. The Morgan fingerprint density at radius 2 is 2.16 bits per heavy atom. The molecule has 130 valence electrons. The molecule has 6 nitrogen and oxygen atoms in total. The van der Waals surface area contributed by atoms with Crippen LogP contribution in [0.15, 0.2) is 35.4 Å². The standard InChI is InChI=1S/C19H22N4O2/c1-25-15-8-4-5-13(11-15)9-10-23-12-20-16-18(23)21-17(22-19(16)24)14-6-2-3-7-14/h4-5,8,11-12,14H,2-3,6-7,9-10H2,1H3,(H,21,22,24). The molecule has 25 heavy (non-hydrogen) atoms. The number of nitrogens with one attached hydrogen (secondary N) is 1. The van der Waals surface area contributed by atoms with E-state index in [1.54, 1.807) is 13.4 Å². The van der Waals surface area contributed by atoms with Crippen molar-refractivity contribution in [3.05, 3.63) is 52.3 Å². The van der Waals surface area contributed by atoms with Gasteiger partial charge in [0.1, 0.15) is 11.6 Å². The van der Waals surface area contributed by atoms with Crippen LogP contribution in [0.2, 0.25) is 0 Å². The van der Waals surface area contributed by atoms with E-state index in [2.05, 4.69) is 16.0 Å². The average molecular weight is 338 g/mol. The van der Waals surface area contributed by atoms with Crippen molar-refractivity contribution in [1.29, 1.82) is 0 Å². The van der Waals surface area contributed by atoms with Crippen LogP contribution in [0.4, 0.5) is 0 Å². The SMILES string of the molecule is COc1cccc(CCn2cnc3c(=O)[nH]c(C4CCCC4)nc32)c1. The minimum absolute atomic E-state index is 0.132. The van der Waals surface area contributed by atoms with E-state index in [-0.39, 0.29) is 5.56 Å². The molecule has 0 spiro atoms. The number of aromatic amines is 1. The summed E-state index contributed by atoms with van der Waals surface area (Å²) in [4.78, 5) is 24.3. The average Bonchev–Trinajstić information content (AvgIpc) is 3.30. The Morgan fingerprint density at radius 1 is 1.32 bits per heavy atom. The molecule has 3 aromatic rings. The van der Waals surface area contributed by atoms with Gasteiger partial charge in [-0.25, -0.2) is 9.97 Å². The molecule has 1 fully saturated rings. The Bertz CT molecular complexity index is 938. The minimum Gasteiger partial charge on any atom is -0.497 e. The van der Waals surface area contributed by atoms with Crippen LogP contribution in [-0.4, -0.2) is 26.6 Å². The third-order valence-electron chi connectivity index (χ3n) is 5.01. The van der Waals surface area contributed by atoms with Crippen LogP contribution in [0, 0.1) is 0 Å². The summed E-state index contributed by atoms with van der Waals surface area (Å²) in [7, 11) is 1.67. The normalized spacial score (nSPS) is 15.1. The molecule has 0 bridgehead atoms. The number of hydrogen-bond donors (Lipinski definition) is 1. The van der Waals surface area contributed by atoms with E-state index in [1.165, 1.54) is 18.4 Å². The van der Waals surface area contributed by atoms with Crippen molar-refractivity contribution in [2.75, 3.05) is 7.11 Å². The van der Waals surface area contributed by atoms with Crippen LogP contribution in [0.25, 0.3) is 11.2 Å². The maximum atomic E-state index is 12.3. The van der Waals surface area contributed by atoms with Crippen LogP contribution >= 0.6 is 0 Å². The highest BCUT2D eigenvalue weighted by Gasteiger charge is 2.21. The molecule has 1 saturated carbocycles. The summed E-state index contributed by atoms with van der Waals surface area (Å²) in [6.45, 7) is 0.726. The molecule has 1 aliphatic carbocycles. The van der Waals surface area contributed by atoms with Crippen molar-refractivity contribution in [3.8, 4) is 5.75 Å². The number of methoxy groups -OCH3 is 1. The van der Waals surface area contributed by atoms with E-state index >= 15 is 0 Å². The predicted molar refractivity (Wildman–Crippen MR) is 96.1 cm³/mol. The molecular weight excluding hydrogens is 316 g/mol. The van der Waals surface area contributed by atoms with Crippen molar-refractivity contribution in [2.24, 2.45) is 0 Å². The van der Waals surface area contributed by atoms with Gasteiger partial charge in [0.25, 0.3) is 5.56 Å². The van der Waals surface area contributed by atoms with E-state index in [0.29, 0.717) is 17.1 Å². The van der Waals surface area contributed by atoms with Crippen molar-refractivity contribution < 1.29 is 4.74 Å². The molecule has 2 heterocycles. The Labute approximate surface area is 145 Å². The van der Waals surface area contributed by atoms with Gasteiger partial charge in [-0.05, 0) is 37.0 Å². The molecule has 0 aliphatic heterocycles. The number of benzene rings is 1. The van der Waals surface area contributed by atoms with Gasteiger partial charge in [0, 0.05) is 12.5 Å². The van der Waals surface area contributed by atoms with Gasteiger partial charge in [-0.15, -0.1) is 0 Å². The van der Waals surface area contributed by atoms with Gasteiger partial charge in [-0.3, -0.25) is 4.79 Å². The van der Waals surface area contributed by atoms with Gasteiger partial charge in [-0.2, -0.15) is 0 Å². The van der Waals surface area contributed by atoms with E-state index < -0.39 is 0 Å². The Kier molecular flexibility index (Phi) is 4.26. The second-order valence-corrected chi connectivity index (χ2v) is 6.64. The fourth-order valence-electron chi connectivity index (χ4n) is 3.60. The van der Waals surface area contributed by atoms with Gasteiger partial charge in [0.2, 0.25) is 0 Å². The zero-order valence-corrected chi connectivity index (χ0v) is 14.4. The fraction of sp³-hybridized carbons (Fsp3) is 0.421. The monoisotopic (exact) mass is 338 g/mol. The number of aryl methyl sites for hydroxylation is 2. The molecule has 0 saturated heterocycles. The van der Waals surface area contributed by atoms with E-state index in [4.69, 9.17) is 9.72 Å². The number of hydrogen-bond acceptors (Lipinski definition) is 4. The van der Waals surface area contributed by atoms with Gasteiger partial charge in [-0.1, -0.05) is 25.0 Å². The lowest BCUT2D eigenvalue weighted by Crippen LogP contribution is -2.15. The van der Waals surface area contributed by atoms with Gasteiger partial charge in [0.05, 0.1) is 13.4 Å². The molecule has 4 rings (SSSR count). The summed E-state index contributed by atoms with van der Waals surface area (Å²) in [5.74, 6) is 2.04. The van der Waals surface area contributed by atoms with Gasteiger partial charge < -0.3 is 14.3 Å². The largest absolute Gasteiger partial charge is 0.497 e. The first-order valence-electron chi connectivity index (χ1n) is 8.82. The topological polar surface area (TPSA) is 72.8 Å². The highest BCUT2D eigenvalue weighted by Crippen LogP contribution is 2.31. The molecule has 0 unspecified atom stereocenters. The van der Waals surface area contributed by atoms with Crippen molar-refractivity contribution in [3.63, 3.8) is 0 Å². The summed E-state index contributed by atoms with van der Waals surface area (Å²) in [6.07, 6.45) is 7.17. The summed E-state index contributed by atoms with van der Waals surface area (Å²) < 4.78 is 7.25. The number of imidazole rings is 1. The Morgan fingerprint density at radius 3 is 2.96 bits per heavy atom. The lowest BCUT2D eigenvalue weighted by Gasteiger charge is -2.09. The van der Waals surface area contributed by atoms with Crippen LogP contribution in [0.1, 0.15) is 43.0 Å². The van der Waals surface area contributed by atoms with Crippen molar-refractivity contribution in [2.45, 2.75) is 44.6 Å². The third kappa shape index (κ3) is 3.16. The van der Waals surface area contributed by atoms with Gasteiger partial charge >= 0.3 is 0 Å². The Balaban J connectivity index is 1.61. The molecular formula is C19H22N4O2. The first kappa shape index (κ1) is 15.9. The van der Waals surface area contributed by atoms with Crippen molar-refractivity contribution >= 4 is 11.2 Å². The Hall–Kier alpha value is -2.63. The van der Waals surface area contributed by atoms with Crippen LogP contribution in [-0.2, 0) is 13.0 Å². The van der Waals surface area contributed by atoms with E-state index in [9.17, 15) is 4.79 Å². The highest BCUT2D eigenvalue weighted by atomic mass is 16.5. The molecule has 1 N–H and O–H groups in total. The highest BCUT2D eigenvalue weighted by molar-refractivity contribution is 5.69. The number of ether oxygens (including phenoxy) is 1. The summed E-state index contributed by atoms with van der Waals surface area (Å²) in [6, 6.07) is 8.03. The molecule has 6 heteroatoms. The lowest BCUT2D eigenvalue weighted by molar-refractivity contribution is 0.414. The van der Waals surface area contributed by atoms with Crippen LogP contribution < -0.4 is 10.3 Å². The second kappa shape index (κ2) is 6.70. The first-order chi connectivity index (χ1) is 12.2. The molecule has 1 aromatic carbocycles. The maximum Gasteiger partial charge on any atom is 0.279 e. The van der Waals surface area contributed by atoms with E-state index in [0.717, 1.165) is 37.4 Å².